The van der Waals surface area contributed by atoms with Gasteiger partial charge < -0.3 is 10.6 Å². The van der Waals surface area contributed by atoms with Gasteiger partial charge in [-0.25, -0.2) is 4.98 Å². The summed E-state index contributed by atoms with van der Waals surface area (Å²) in [7, 11) is 3.96. The zero-order valence-corrected chi connectivity index (χ0v) is 7.70. The molecule has 0 saturated carbocycles. The summed E-state index contributed by atoms with van der Waals surface area (Å²) in [4.78, 5) is 6.24. The molecule has 1 rings (SSSR count). The van der Waals surface area contributed by atoms with Gasteiger partial charge >= 0.3 is 0 Å². The second-order valence-corrected chi connectivity index (χ2v) is 3.17. The van der Waals surface area contributed by atoms with E-state index in [0.29, 0.717) is 5.82 Å². The molecule has 5 heteroatoms. The summed E-state index contributed by atoms with van der Waals surface area (Å²) >= 11 is 0. The van der Waals surface area contributed by atoms with Gasteiger partial charge in [-0.2, -0.15) is 5.10 Å². The van der Waals surface area contributed by atoms with Crippen LogP contribution in [0.2, 0.25) is 0 Å². The number of aromatic nitrogens is 3. The van der Waals surface area contributed by atoms with Crippen LogP contribution in [0.3, 0.4) is 0 Å². The van der Waals surface area contributed by atoms with Crippen LogP contribution >= 0.6 is 0 Å². The minimum Gasteiger partial charge on any atom is -0.321 e. The van der Waals surface area contributed by atoms with E-state index in [2.05, 4.69) is 15.2 Å². The fourth-order valence-corrected chi connectivity index (χ4v) is 0.884. The molecule has 1 aromatic rings. The molecule has 0 aromatic carbocycles. The maximum atomic E-state index is 5.60. The Morgan fingerprint density at radius 3 is 2.67 bits per heavy atom. The first-order chi connectivity index (χ1) is 5.59. The number of nitrogens with two attached hydrogens (primary N) is 1. The highest BCUT2D eigenvalue weighted by atomic mass is 15.2. The first kappa shape index (κ1) is 9.15. The lowest BCUT2D eigenvalue weighted by Crippen LogP contribution is -2.12. The number of nitrogens with zero attached hydrogens (tertiary/aromatic N) is 3. The fourth-order valence-electron chi connectivity index (χ4n) is 0.884. The molecule has 0 amide bonds. The average molecular weight is 169 g/mol. The number of H-pyrrole nitrogens is 1. The Morgan fingerprint density at radius 1 is 1.58 bits per heavy atom. The van der Waals surface area contributed by atoms with Gasteiger partial charge in [-0.1, -0.05) is 0 Å². The second kappa shape index (κ2) is 3.64. The summed E-state index contributed by atoms with van der Waals surface area (Å²) in [5.74, 6) is 1.53. The van der Waals surface area contributed by atoms with Crippen molar-refractivity contribution >= 4 is 0 Å². The van der Waals surface area contributed by atoms with Crippen molar-refractivity contribution in [1.29, 1.82) is 0 Å². The second-order valence-electron chi connectivity index (χ2n) is 3.17. The highest BCUT2D eigenvalue weighted by Gasteiger charge is 2.06. The van der Waals surface area contributed by atoms with E-state index in [9.17, 15) is 0 Å². The summed E-state index contributed by atoms with van der Waals surface area (Å²) in [5.41, 5.74) is 5.60. The lowest BCUT2D eigenvalue weighted by atomic mass is 10.3. The summed E-state index contributed by atoms with van der Waals surface area (Å²) in [6.07, 6.45) is 0. The standard InChI is InChI=1S/C7H15N5/c1-5(8)7-9-6(10-11-7)4-12(2)3/h5H,4,8H2,1-3H3,(H,9,10,11). The Bertz CT molecular complexity index is 240. The van der Waals surface area contributed by atoms with Crippen LogP contribution in [0.25, 0.3) is 0 Å². The van der Waals surface area contributed by atoms with Crippen molar-refractivity contribution in [2.45, 2.75) is 19.5 Å². The maximum absolute atomic E-state index is 5.60. The van der Waals surface area contributed by atoms with Crippen LogP contribution in [-0.4, -0.2) is 34.2 Å². The molecular weight excluding hydrogens is 154 g/mol. The first-order valence-electron chi connectivity index (χ1n) is 3.91. The summed E-state index contributed by atoms with van der Waals surface area (Å²) < 4.78 is 0. The van der Waals surface area contributed by atoms with E-state index >= 15 is 0 Å². The zero-order valence-electron chi connectivity index (χ0n) is 7.70. The van der Waals surface area contributed by atoms with Crippen LogP contribution in [0.5, 0.6) is 0 Å². The molecule has 1 aromatic heterocycles. The molecule has 0 spiro atoms. The Kier molecular flexibility index (Phi) is 2.78. The van der Waals surface area contributed by atoms with Gasteiger partial charge in [0.15, 0.2) is 5.82 Å². The van der Waals surface area contributed by atoms with E-state index in [-0.39, 0.29) is 6.04 Å². The predicted molar refractivity (Wildman–Crippen MR) is 46.4 cm³/mol. The molecule has 12 heavy (non-hydrogen) atoms. The summed E-state index contributed by atoms with van der Waals surface area (Å²) in [6, 6.07) is -0.0998. The lowest BCUT2D eigenvalue weighted by molar-refractivity contribution is 0.391. The molecule has 0 aliphatic rings. The molecule has 68 valence electrons. The molecule has 5 nitrogen and oxygen atoms in total. The summed E-state index contributed by atoms with van der Waals surface area (Å²) in [6.45, 7) is 2.63. The van der Waals surface area contributed by atoms with Gasteiger partial charge in [0, 0.05) is 0 Å². The maximum Gasteiger partial charge on any atom is 0.167 e. The van der Waals surface area contributed by atoms with Crippen LogP contribution < -0.4 is 5.73 Å². The van der Waals surface area contributed by atoms with E-state index in [1.807, 2.05) is 25.9 Å². The van der Waals surface area contributed by atoms with E-state index in [4.69, 9.17) is 5.73 Å². The average Bonchev–Trinajstić information content (AvgIpc) is 2.34. The quantitative estimate of drug-likeness (QED) is 0.662. The molecule has 0 aliphatic heterocycles. The minimum atomic E-state index is -0.0998. The molecule has 1 unspecified atom stereocenters. The highest BCUT2D eigenvalue weighted by molar-refractivity contribution is 4.93. The number of rotatable bonds is 3. The number of aromatic amines is 1. The monoisotopic (exact) mass is 169 g/mol. The van der Waals surface area contributed by atoms with Crippen molar-refractivity contribution in [2.75, 3.05) is 14.1 Å². The SMILES string of the molecule is CC(N)c1n[nH]c(CN(C)C)n1. The van der Waals surface area contributed by atoms with E-state index < -0.39 is 0 Å². The Hall–Kier alpha value is -0.940. The van der Waals surface area contributed by atoms with Gasteiger partial charge in [-0.3, -0.25) is 5.10 Å². The molecular formula is C7H15N5. The Morgan fingerprint density at radius 2 is 2.25 bits per heavy atom. The van der Waals surface area contributed by atoms with Gasteiger partial charge in [0.25, 0.3) is 0 Å². The van der Waals surface area contributed by atoms with Gasteiger partial charge in [-0.05, 0) is 21.0 Å². The van der Waals surface area contributed by atoms with Crippen molar-refractivity contribution in [1.82, 2.24) is 20.1 Å². The van der Waals surface area contributed by atoms with E-state index in [1.54, 1.807) is 0 Å². The molecule has 0 radical (unpaired) electrons. The van der Waals surface area contributed by atoms with Crippen molar-refractivity contribution in [3.05, 3.63) is 11.6 Å². The van der Waals surface area contributed by atoms with Crippen molar-refractivity contribution < 1.29 is 0 Å². The Labute approximate surface area is 72.0 Å². The van der Waals surface area contributed by atoms with E-state index in [0.717, 1.165) is 12.4 Å². The van der Waals surface area contributed by atoms with Crippen molar-refractivity contribution in [3.63, 3.8) is 0 Å². The molecule has 0 bridgehead atoms. The van der Waals surface area contributed by atoms with Gasteiger partial charge in [0.05, 0.1) is 12.6 Å². The van der Waals surface area contributed by atoms with Crippen molar-refractivity contribution in [3.8, 4) is 0 Å². The van der Waals surface area contributed by atoms with E-state index in [1.165, 1.54) is 0 Å². The zero-order chi connectivity index (χ0) is 9.14. The van der Waals surface area contributed by atoms with Crippen LogP contribution in [0.4, 0.5) is 0 Å². The number of nitrogens with one attached hydrogen (secondary N) is 1. The van der Waals surface area contributed by atoms with Crippen LogP contribution in [-0.2, 0) is 6.54 Å². The van der Waals surface area contributed by atoms with Crippen LogP contribution in [0, 0.1) is 0 Å². The lowest BCUT2D eigenvalue weighted by Gasteiger charge is -2.04. The minimum absolute atomic E-state index is 0.0998. The summed E-state index contributed by atoms with van der Waals surface area (Å²) in [5, 5.41) is 6.82. The third-order valence-electron chi connectivity index (χ3n) is 1.42. The number of hydrogen-bond acceptors (Lipinski definition) is 4. The van der Waals surface area contributed by atoms with Gasteiger partial charge in [-0.15, -0.1) is 0 Å². The van der Waals surface area contributed by atoms with Gasteiger partial charge in [0.2, 0.25) is 0 Å². The number of hydrogen-bond donors (Lipinski definition) is 2. The highest BCUT2D eigenvalue weighted by Crippen LogP contribution is 2.02. The fraction of sp³-hybridized carbons (Fsp3) is 0.714. The van der Waals surface area contributed by atoms with Crippen molar-refractivity contribution in [2.24, 2.45) is 5.73 Å². The topological polar surface area (TPSA) is 70.8 Å². The third-order valence-corrected chi connectivity index (χ3v) is 1.42. The largest absolute Gasteiger partial charge is 0.321 e. The molecule has 0 fully saturated rings. The smallest absolute Gasteiger partial charge is 0.167 e. The first-order valence-corrected chi connectivity index (χ1v) is 3.91. The predicted octanol–water partition coefficient (Wildman–Crippen LogP) is -0.114. The van der Waals surface area contributed by atoms with Gasteiger partial charge in [0.1, 0.15) is 5.82 Å². The molecule has 3 N–H and O–H groups in total. The Balaban J connectivity index is 2.64. The van der Waals surface area contributed by atoms with Crippen LogP contribution in [0.15, 0.2) is 0 Å². The third kappa shape index (κ3) is 2.28. The van der Waals surface area contributed by atoms with Crippen LogP contribution in [0.1, 0.15) is 24.6 Å². The molecule has 1 atom stereocenters. The molecule has 1 heterocycles. The normalized spacial score (nSPS) is 13.8. The molecule has 0 saturated heterocycles. The molecule has 0 aliphatic carbocycles.